The molecule has 0 aliphatic rings. The van der Waals surface area contributed by atoms with Crippen LogP contribution in [0.5, 0.6) is 11.5 Å². The molecule has 0 heterocycles. The van der Waals surface area contributed by atoms with E-state index in [2.05, 4.69) is 5.32 Å². The van der Waals surface area contributed by atoms with E-state index in [0.29, 0.717) is 17.1 Å². The molecule has 5 nitrogen and oxygen atoms in total. The summed E-state index contributed by atoms with van der Waals surface area (Å²) in [5, 5.41) is 2.87. The van der Waals surface area contributed by atoms with Crippen molar-refractivity contribution < 1.29 is 19.1 Å². The summed E-state index contributed by atoms with van der Waals surface area (Å²) in [6.07, 6.45) is 0. The van der Waals surface area contributed by atoms with Crippen molar-refractivity contribution in [3.05, 3.63) is 59.7 Å². The Bertz CT molecular complexity index is 713. The number of rotatable bonds is 7. The van der Waals surface area contributed by atoms with E-state index in [0.717, 1.165) is 5.56 Å². The molecule has 0 fully saturated rings. The van der Waals surface area contributed by atoms with Crippen LogP contribution < -0.4 is 14.8 Å². The van der Waals surface area contributed by atoms with Crippen LogP contribution in [0.15, 0.2) is 48.5 Å². The first-order valence-electron chi connectivity index (χ1n) is 7.67. The lowest BCUT2D eigenvalue weighted by Gasteiger charge is -2.15. The number of amides is 1. The molecule has 2 rings (SSSR count). The predicted molar refractivity (Wildman–Crippen MR) is 91.5 cm³/mol. The number of carbonyl (C=O) groups is 2. The standard InChI is InChI=1S/C19H21NO4/c1-13(15-7-5-4-6-8-15)20-19(22)12-24-17-10-9-16(14(2)21)11-18(17)23-3/h4-11,13H,12H2,1-3H3,(H,20,22)/t13-/m0/s1. The molecule has 1 N–H and O–H groups in total. The van der Waals surface area contributed by atoms with Crippen LogP contribution in [0.4, 0.5) is 0 Å². The Morgan fingerprint density at radius 2 is 1.79 bits per heavy atom. The van der Waals surface area contributed by atoms with E-state index in [1.165, 1.54) is 14.0 Å². The Morgan fingerprint density at radius 1 is 1.08 bits per heavy atom. The van der Waals surface area contributed by atoms with Gasteiger partial charge in [0, 0.05) is 5.56 Å². The van der Waals surface area contributed by atoms with Crippen molar-refractivity contribution in [2.75, 3.05) is 13.7 Å². The smallest absolute Gasteiger partial charge is 0.258 e. The number of hydrogen-bond donors (Lipinski definition) is 1. The summed E-state index contributed by atoms with van der Waals surface area (Å²) in [7, 11) is 1.49. The van der Waals surface area contributed by atoms with Gasteiger partial charge < -0.3 is 14.8 Å². The fourth-order valence-corrected chi connectivity index (χ4v) is 2.26. The molecule has 0 aliphatic carbocycles. The Balaban J connectivity index is 1.95. The third kappa shape index (κ3) is 4.59. The van der Waals surface area contributed by atoms with Crippen LogP contribution in [-0.2, 0) is 4.79 Å². The monoisotopic (exact) mass is 327 g/mol. The van der Waals surface area contributed by atoms with Gasteiger partial charge in [-0.05, 0) is 37.6 Å². The molecule has 0 spiro atoms. The van der Waals surface area contributed by atoms with Crippen molar-refractivity contribution in [2.24, 2.45) is 0 Å². The molecule has 0 aliphatic heterocycles. The average molecular weight is 327 g/mol. The van der Waals surface area contributed by atoms with Crippen molar-refractivity contribution in [1.82, 2.24) is 5.32 Å². The van der Waals surface area contributed by atoms with Crippen LogP contribution >= 0.6 is 0 Å². The van der Waals surface area contributed by atoms with Gasteiger partial charge in [0.2, 0.25) is 0 Å². The van der Waals surface area contributed by atoms with Crippen LogP contribution in [-0.4, -0.2) is 25.4 Å². The largest absolute Gasteiger partial charge is 0.493 e. The number of hydrogen-bond acceptors (Lipinski definition) is 4. The van der Waals surface area contributed by atoms with Gasteiger partial charge >= 0.3 is 0 Å². The molecular formula is C19H21NO4. The SMILES string of the molecule is COc1cc(C(C)=O)ccc1OCC(=O)N[C@@H](C)c1ccccc1. The highest BCUT2D eigenvalue weighted by atomic mass is 16.5. The quantitative estimate of drug-likeness (QED) is 0.794. The van der Waals surface area contributed by atoms with Crippen LogP contribution in [0.25, 0.3) is 0 Å². The van der Waals surface area contributed by atoms with Crippen molar-refractivity contribution in [3.8, 4) is 11.5 Å². The molecule has 0 saturated heterocycles. The van der Waals surface area contributed by atoms with E-state index in [1.807, 2.05) is 37.3 Å². The Labute approximate surface area is 141 Å². The molecule has 1 amide bonds. The predicted octanol–water partition coefficient (Wildman–Crippen LogP) is 3.15. The third-order valence-corrected chi connectivity index (χ3v) is 3.61. The third-order valence-electron chi connectivity index (χ3n) is 3.61. The van der Waals surface area contributed by atoms with Gasteiger partial charge in [-0.3, -0.25) is 9.59 Å². The van der Waals surface area contributed by atoms with Gasteiger partial charge in [0.1, 0.15) is 0 Å². The number of benzene rings is 2. The maximum atomic E-state index is 12.0. The van der Waals surface area contributed by atoms with E-state index in [9.17, 15) is 9.59 Å². The molecule has 2 aromatic rings. The van der Waals surface area contributed by atoms with Gasteiger partial charge in [0.05, 0.1) is 13.2 Å². The first-order valence-corrected chi connectivity index (χ1v) is 7.67. The Kier molecular flexibility index (Phi) is 5.95. The zero-order valence-corrected chi connectivity index (χ0v) is 14.0. The molecule has 2 aromatic carbocycles. The fourth-order valence-electron chi connectivity index (χ4n) is 2.26. The minimum atomic E-state index is -0.232. The summed E-state index contributed by atoms with van der Waals surface area (Å²) in [6.45, 7) is 3.26. The molecule has 0 unspecified atom stereocenters. The van der Waals surface area contributed by atoms with Crippen LogP contribution in [0.3, 0.4) is 0 Å². The van der Waals surface area contributed by atoms with E-state index in [4.69, 9.17) is 9.47 Å². The van der Waals surface area contributed by atoms with Gasteiger partial charge in [0.15, 0.2) is 23.9 Å². The number of ketones is 1. The molecule has 0 aromatic heterocycles. The fraction of sp³-hybridized carbons (Fsp3) is 0.263. The average Bonchev–Trinajstić information content (AvgIpc) is 2.60. The summed E-state index contributed by atoms with van der Waals surface area (Å²) in [4.78, 5) is 23.4. The number of carbonyl (C=O) groups excluding carboxylic acids is 2. The lowest BCUT2D eigenvalue weighted by atomic mass is 10.1. The van der Waals surface area contributed by atoms with Gasteiger partial charge in [-0.2, -0.15) is 0 Å². The minimum absolute atomic E-state index is 0.0609. The van der Waals surface area contributed by atoms with E-state index < -0.39 is 0 Å². The van der Waals surface area contributed by atoms with E-state index >= 15 is 0 Å². The van der Waals surface area contributed by atoms with Crippen LogP contribution in [0.2, 0.25) is 0 Å². The second-order valence-electron chi connectivity index (χ2n) is 5.41. The second-order valence-corrected chi connectivity index (χ2v) is 5.41. The number of nitrogens with one attached hydrogen (secondary N) is 1. The number of Topliss-reactive ketones (excluding diaryl/α,β-unsaturated/α-hetero) is 1. The summed E-state index contributed by atoms with van der Waals surface area (Å²) < 4.78 is 10.7. The number of methoxy groups -OCH3 is 1. The lowest BCUT2D eigenvalue weighted by Crippen LogP contribution is -2.31. The minimum Gasteiger partial charge on any atom is -0.493 e. The van der Waals surface area contributed by atoms with Crippen molar-refractivity contribution in [2.45, 2.75) is 19.9 Å². The summed E-state index contributed by atoms with van der Waals surface area (Å²) >= 11 is 0. The zero-order chi connectivity index (χ0) is 17.5. The maximum Gasteiger partial charge on any atom is 0.258 e. The zero-order valence-electron chi connectivity index (χ0n) is 14.0. The molecule has 0 radical (unpaired) electrons. The highest BCUT2D eigenvalue weighted by Gasteiger charge is 2.12. The number of ether oxygens (including phenoxy) is 2. The molecule has 0 bridgehead atoms. The van der Waals surface area contributed by atoms with Gasteiger partial charge in [-0.25, -0.2) is 0 Å². The van der Waals surface area contributed by atoms with Gasteiger partial charge in [-0.15, -0.1) is 0 Å². The summed E-state index contributed by atoms with van der Waals surface area (Å²) in [6, 6.07) is 14.5. The maximum absolute atomic E-state index is 12.0. The molecule has 24 heavy (non-hydrogen) atoms. The molecular weight excluding hydrogens is 306 g/mol. The molecule has 5 heteroatoms. The summed E-state index contributed by atoms with van der Waals surface area (Å²) in [5.74, 6) is 0.551. The lowest BCUT2D eigenvalue weighted by molar-refractivity contribution is -0.123. The van der Waals surface area contributed by atoms with Crippen LogP contribution in [0, 0.1) is 0 Å². The first kappa shape index (κ1) is 17.5. The highest BCUT2D eigenvalue weighted by molar-refractivity contribution is 5.94. The van der Waals surface area contributed by atoms with E-state index in [-0.39, 0.29) is 24.3 Å². The molecule has 1 atom stereocenters. The second kappa shape index (κ2) is 8.15. The van der Waals surface area contributed by atoms with Gasteiger partial charge in [-0.1, -0.05) is 30.3 Å². The normalized spacial score (nSPS) is 11.5. The van der Waals surface area contributed by atoms with Crippen molar-refractivity contribution >= 4 is 11.7 Å². The van der Waals surface area contributed by atoms with Crippen LogP contribution in [0.1, 0.15) is 35.8 Å². The van der Waals surface area contributed by atoms with E-state index in [1.54, 1.807) is 18.2 Å². The molecule has 126 valence electrons. The van der Waals surface area contributed by atoms with Crippen molar-refractivity contribution in [3.63, 3.8) is 0 Å². The highest BCUT2D eigenvalue weighted by Crippen LogP contribution is 2.28. The van der Waals surface area contributed by atoms with Gasteiger partial charge in [0.25, 0.3) is 5.91 Å². The Morgan fingerprint density at radius 3 is 2.42 bits per heavy atom. The summed E-state index contributed by atoms with van der Waals surface area (Å²) in [5.41, 5.74) is 1.55. The topological polar surface area (TPSA) is 64.6 Å². The van der Waals surface area contributed by atoms with Crippen molar-refractivity contribution in [1.29, 1.82) is 0 Å². The Hall–Kier alpha value is -2.82. The first-order chi connectivity index (χ1) is 11.5. The molecule has 0 saturated carbocycles.